The maximum Gasteiger partial charge on any atom is 0.224 e. The van der Waals surface area contributed by atoms with Gasteiger partial charge in [-0.05, 0) is 37.6 Å². The van der Waals surface area contributed by atoms with Crippen LogP contribution in [0.4, 0.5) is 0 Å². The standard InChI is InChI=1S/C15H17ClN2O2.ClH/c1-9-4-14-12(6-13(9)16)10(8-20-14)5-15(19)18-11-2-3-17-7-11;/h4,6,8,11,17H,2-3,5,7H2,1H3,(H,18,19);1H/t11-;/m1./s1. The van der Waals surface area contributed by atoms with Gasteiger partial charge in [0.05, 0.1) is 12.7 Å². The van der Waals surface area contributed by atoms with Crippen molar-refractivity contribution in [2.24, 2.45) is 0 Å². The molecule has 6 heteroatoms. The third-order valence-corrected chi connectivity index (χ3v) is 4.12. The Bertz CT molecular complexity index is 648. The highest BCUT2D eigenvalue weighted by molar-refractivity contribution is 6.32. The summed E-state index contributed by atoms with van der Waals surface area (Å²) in [6.07, 6.45) is 2.96. The van der Waals surface area contributed by atoms with Crippen molar-refractivity contribution < 1.29 is 9.21 Å². The Morgan fingerprint density at radius 2 is 2.33 bits per heavy atom. The van der Waals surface area contributed by atoms with Crippen molar-refractivity contribution in [1.82, 2.24) is 10.6 Å². The van der Waals surface area contributed by atoms with Gasteiger partial charge in [-0.1, -0.05) is 11.6 Å². The Morgan fingerprint density at radius 3 is 3.05 bits per heavy atom. The van der Waals surface area contributed by atoms with Crippen LogP contribution >= 0.6 is 24.0 Å². The molecule has 1 atom stereocenters. The van der Waals surface area contributed by atoms with E-state index in [1.807, 2.05) is 19.1 Å². The average Bonchev–Trinajstić information content (AvgIpc) is 3.02. The molecule has 0 spiro atoms. The minimum absolute atomic E-state index is 0. The highest BCUT2D eigenvalue weighted by atomic mass is 35.5. The van der Waals surface area contributed by atoms with Crippen molar-refractivity contribution in [3.05, 3.63) is 34.5 Å². The fraction of sp³-hybridized carbons (Fsp3) is 0.400. The van der Waals surface area contributed by atoms with Gasteiger partial charge in [0.25, 0.3) is 0 Å². The smallest absolute Gasteiger partial charge is 0.224 e. The molecule has 0 saturated carbocycles. The number of carbonyl (C=O) groups is 1. The molecule has 1 amide bonds. The number of halogens is 2. The predicted molar refractivity (Wildman–Crippen MR) is 86.3 cm³/mol. The molecule has 114 valence electrons. The van der Waals surface area contributed by atoms with Crippen LogP contribution in [0, 0.1) is 6.92 Å². The molecule has 4 nitrogen and oxygen atoms in total. The first-order valence-corrected chi connectivity index (χ1v) is 7.17. The molecule has 1 aliphatic rings. The molecule has 1 fully saturated rings. The first-order valence-electron chi connectivity index (χ1n) is 6.80. The summed E-state index contributed by atoms with van der Waals surface area (Å²) >= 11 is 6.14. The Balaban J connectivity index is 0.00000161. The number of carbonyl (C=O) groups excluding carboxylic acids is 1. The monoisotopic (exact) mass is 328 g/mol. The normalized spacial score (nSPS) is 17.7. The summed E-state index contributed by atoms with van der Waals surface area (Å²) in [6.45, 7) is 3.75. The second-order valence-electron chi connectivity index (χ2n) is 5.29. The molecule has 1 aliphatic heterocycles. The Labute approximate surface area is 134 Å². The minimum atomic E-state index is 0. The van der Waals surface area contributed by atoms with Crippen LogP contribution < -0.4 is 10.6 Å². The lowest BCUT2D eigenvalue weighted by atomic mass is 10.1. The zero-order valence-corrected chi connectivity index (χ0v) is 13.3. The van der Waals surface area contributed by atoms with E-state index < -0.39 is 0 Å². The van der Waals surface area contributed by atoms with Gasteiger partial charge in [-0.2, -0.15) is 0 Å². The van der Waals surface area contributed by atoms with Gasteiger partial charge in [-0.25, -0.2) is 0 Å². The van der Waals surface area contributed by atoms with Gasteiger partial charge in [0.1, 0.15) is 5.58 Å². The van der Waals surface area contributed by atoms with Crippen LogP contribution in [0.3, 0.4) is 0 Å². The van der Waals surface area contributed by atoms with E-state index in [1.165, 1.54) is 0 Å². The van der Waals surface area contributed by atoms with Crippen molar-refractivity contribution in [2.45, 2.75) is 25.8 Å². The molecule has 2 aromatic rings. The van der Waals surface area contributed by atoms with Crippen LogP contribution in [0.15, 0.2) is 22.8 Å². The van der Waals surface area contributed by atoms with Crippen molar-refractivity contribution >= 4 is 40.9 Å². The lowest BCUT2D eigenvalue weighted by Crippen LogP contribution is -2.37. The Hall–Kier alpha value is -1.23. The first-order chi connectivity index (χ1) is 9.63. The van der Waals surface area contributed by atoms with Crippen LogP contribution in [-0.2, 0) is 11.2 Å². The number of hydrogen-bond acceptors (Lipinski definition) is 3. The largest absolute Gasteiger partial charge is 0.464 e. The van der Waals surface area contributed by atoms with Gasteiger partial charge in [-0.3, -0.25) is 4.79 Å². The third kappa shape index (κ3) is 3.51. The zero-order valence-electron chi connectivity index (χ0n) is 11.7. The SMILES string of the molecule is Cc1cc2occ(CC(=O)N[C@@H]3CCNC3)c2cc1Cl.Cl. The van der Waals surface area contributed by atoms with E-state index in [-0.39, 0.29) is 24.4 Å². The number of rotatable bonds is 3. The summed E-state index contributed by atoms with van der Waals surface area (Å²) in [4.78, 5) is 12.0. The summed E-state index contributed by atoms with van der Waals surface area (Å²) < 4.78 is 5.50. The minimum Gasteiger partial charge on any atom is -0.464 e. The van der Waals surface area contributed by atoms with Gasteiger partial charge in [-0.15, -0.1) is 12.4 Å². The molecule has 0 aliphatic carbocycles. The van der Waals surface area contributed by atoms with Gasteiger partial charge in [0.15, 0.2) is 0 Å². The molecular weight excluding hydrogens is 311 g/mol. The molecule has 3 rings (SSSR count). The summed E-state index contributed by atoms with van der Waals surface area (Å²) in [5.41, 5.74) is 2.63. The summed E-state index contributed by atoms with van der Waals surface area (Å²) in [5.74, 6) is 0.0260. The fourth-order valence-electron chi connectivity index (χ4n) is 2.57. The summed E-state index contributed by atoms with van der Waals surface area (Å²) in [6, 6.07) is 4.02. The van der Waals surface area contributed by atoms with Crippen LogP contribution in [0.25, 0.3) is 11.0 Å². The van der Waals surface area contributed by atoms with E-state index in [1.54, 1.807) is 6.26 Å². The van der Waals surface area contributed by atoms with E-state index in [9.17, 15) is 4.79 Å². The van der Waals surface area contributed by atoms with E-state index >= 15 is 0 Å². The van der Waals surface area contributed by atoms with Crippen molar-refractivity contribution in [1.29, 1.82) is 0 Å². The van der Waals surface area contributed by atoms with Gasteiger partial charge >= 0.3 is 0 Å². The van der Waals surface area contributed by atoms with Gasteiger partial charge in [0.2, 0.25) is 5.91 Å². The number of hydrogen-bond donors (Lipinski definition) is 2. The van der Waals surface area contributed by atoms with Crippen molar-refractivity contribution in [2.75, 3.05) is 13.1 Å². The predicted octanol–water partition coefficient (Wildman–Crippen LogP) is 2.84. The molecule has 1 saturated heterocycles. The highest BCUT2D eigenvalue weighted by Crippen LogP contribution is 2.27. The molecule has 0 bridgehead atoms. The molecular formula is C15H18Cl2N2O2. The molecule has 0 radical (unpaired) electrons. The third-order valence-electron chi connectivity index (χ3n) is 3.71. The molecule has 2 heterocycles. The van der Waals surface area contributed by atoms with E-state index in [0.717, 1.165) is 41.6 Å². The number of benzene rings is 1. The average molecular weight is 329 g/mol. The molecule has 21 heavy (non-hydrogen) atoms. The lowest BCUT2D eigenvalue weighted by Gasteiger charge is -2.10. The Kier molecular flexibility index (Phi) is 5.14. The molecule has 0 unspecified atom stereocenters. The molecule has 1 aromatic carbocycles. The number of furan rings is 1. The number of fused-ring (bicyclic) bond motifs is 1. The lowest BCUT2D eigenvalue weighted by molar-refractivity contribution is -0.121. The van der Waals surface area contributed by atoms with E-state index in [4.69, 9.17) is 16.0 Å². The molecule has 2 N–H and O–H groups in total. The summed E-state index contributed by atoms with van der Waals surface area (Å²) in [5, 5.41) is 7.87. The zero-order chi connectivity index (χ0) is 14.1. The summed E-state index contributed by atoms with van der Waals surface area (Å²) in [7, 11) is 0. The van der Waals surface area contributed by atoms with Crippen molar-refractivity contribution in [3.63, 3.8) is 0 Å². The van der Waals surface area contributed by atoms with Crippen LogP contribution in [0.2, 0.25) is 5.02 Å². The fourth-order valence-corrected chi connectivity index (χ4v) is 2.73. The maximum absolute atomic E-state index is 12.0. The van der Waals surface area contributed by atoms with Crippen LogP contribution in [0.5, 0.6) is 0 Å². The van der Waals surface area contributed by atoms with E-state index in [0.29, 0.717) is 11.4 Å². The second kappa shape index (κ2) is 6.69. The number of amides is 1. The van der Waals surface area contributed by atoms with Crippen LogP contribution in [0.1, 0.15) is 17.5 Å². The number of nitrogens with one attached hydrogen (secondary N) is 2. The Morgan fingerprint density at radius 1 is 1.52 bits per heavy atom. The van der Waals surface area contributed by atoms with Gasteiger partial charge in [0, 0.05) is 28.6 Å². The van der Waals surface area contributed by atoms with E-state index in [2.05, 4.69) is 10.6 Å². The van der Waals surface area contributed by atoms with Gasteiger partial charge < -0.3 is 15.1 Å². The number of aryl methyl sites for hydroxylation is 1. The maximum atomic E-state index is 12.0. The quantitative estimate of drug-likeness (QED) is 0.910. The first kappa shape index (κ1) is 16.1. The second-order valence-corrected chi connectivity index (χ2v) is 5.70. The van der Waals surface area contributed by atoms with Crippen molar-refractivity contribution in [3.8, 4) is 0 Å². The topological polar surface area (TPSA) is 54.3 Å². The highest BCUT2D eigenvalue weighted by Gasteiger charge is 2.18. The molecule has 1 aromatic heterocycles. The van der Waals surface area contributed by atoms with Crippen LogP contribution in [-0.4, -0.2) is 25.0 Å².